The predicted octanol–water partition coefficient (Wildman–Crippen LogP) is 1.07. The highest BCUT2D eigenvalue weighted by atomic mass is 16.6. The minimum atomic E-state index is -0.460. The van der Waals surface area contributed by atoms with Gasteiger partial charge in [-0.15, -0.1) is 0 Å². The minimum absolute atomic E-state index is 0.0521. The zero-order valence-electron chi connectivity index (χ0n) is 9.79. The van der Waals surface area contributed by atoms with Crippen molar-refractivity contribution in [3.63, 3.8) is 0 Å². The fraction of sp³-hybridized carbons (Fsp3) is 0.364. The fourth-order valence-corrected chi connectivity index (χ4v) is 1.63. The Morgan fingerprint density at radius 3 is 2.65 bits per heavy atom. The molecule has 0 aromatic heterocycles. The van der Waals surface area contributed by atoms with Crippen molar-refractivity contribution in [1.82, 2.24) is 4.90 Å². The van der Waals surface area contributed by atoms with E-state index >= 15 is 0 Å². The zero-order chi connectivity index (χ0) is 13.0. The number of carbonyl (C=O) groups excluding carboxylic acids is 1. The Morgan fingerprint density at radius 1 is 1.53 bits per heavy atom. The predicted molar refractivity (Wildman–Crippen MR) is 63.3 cm³/mol. The molecule has 0 spiro atoms. The second kappa shape index (κ2) is 5.40. The molecule has 2 N–H and O–H groups in total. The fourth-order valence-electron chi connectivity index (χ4n) is 1.63. The lowest BCUT2D eigenvalue weighted by Gasteiger charge is -2.23. The van der Waals surface area contributed by atoms with Crippen LogP contribution in [-0.4, -0.2) is 29.3 Å². The molecular weight excluding hydrogens is 222 g/mol. The van der Waals surface area contributed by atoms with Crippen LogP contribution < -0.4 is 5.73 Å². The maximum Gasteiger partial charge on any atom is 0.274 e. The molecule has 1 rings (SSSR count). The molecule has 0 aliphatic carbocycles. The van der Waals surface area contributed by atoms with Gasteiger partial charge >= 0.3 is 0 Å². The van der Waals surface area contributed by atoms with E-state index in [1.165, 1.54) is 6.07 Å². The van der Waals surface area contributed by atoms with Gasteiger partial charge in [-0.05, 0) is 14.0 Å². The molecule has 1 unspecified atom stereocenters. The number of primary amides is 1. The van der Waals surface area contributed by atoms with Gasteiger partial charge in [-0.2, -0.15) is 0 Å². The van der Waals surface area contributed by atoms with E-state index in [9.17, 15) is 14.9 Å². The van der Waals surface area contributed by atoms with Crippen LogP contribution in [0.5, 0.6) is 0 Å². The van der Waals surface area contributed by atoms with E-state index in [4.69, 9.17) is 5.73 Å². The lowest BCUT2D eigenvalue weighted by molar-refractivity contribution is -0.385. The average Bonchev–Trinajstić information content (AvgIpc) is 2.27. The largest absolute Gasteiger partial charge is 0.369 e. The van der Waals surface area contributed by atoms with Gasteiger partial charge in [0, 0.05) is 17.7 Å². The number of para-hydroxylation sites is 1. The molecule has 0 fully saturated rings. The SMILES string of the molecule is CC(c1ccccc1[N+](=O)[O-])N(C)CC(N)=O. The third-order valence-corrected chi connectivity index (χ3v) is 2.65. The van der Waals surface area contributed by atoms with E-state index in [1.54, 1.807) is 37.1 Å². The number of carbonyl (C=O) groups is 1. The molecule has 17 heavy (non-hydrogen) atoms. The zero-order valence-corrected chi connectivity index (χ0v) is 9.79. The van der Waals surface area contributed by atoms with E-state index in [0.717, 1.165) is 0 Å². The van der Waals surface area contributed by atoms with Crippen molar-refractivity contribution in [2.75, 3.05) is 13.6 Å². The molecule has 1 amide bonds. The molecule has 0 saturated carbocycles. The summed E-state index contributed by atoms with van der Waals surface area (Å²) in [5, 5.41) is 10.9. The van der Waals surface area contributed by atoms with Gasteiger partial charge in [0.15, 0.2) is 0 Å². The van der Waals surface area contributed by atoms with E-state index in [1.807, 2.05) is 0 Å². The van der Waals surface area contributed by atoms with Gasteiger partial charge in [0.2, 0.25) is 5.91 Å². The van der Waals surface area contributed by atoms with Gasteiger partial charge in [0.05, 0.1) is 11.5 Å². The van der Waals surface area contributed by atoms with Gasteiger partial charge in [0.25, 0.3) is 5.69 Å². The molecule has 6 heteroatoms. The van der Waals surface area contributed by atoms with Crippen LogP contribution >= 0.6 is 0 Å². The number of hydrogen-bond donors (Lipinski definition) is 1. The van der Waals surface area contributed by atoms with Crippen molar-refractivity contribution < 1.29 is 9.72 Å². The number of hydrogen-bond acceptors (Lipinski definition) is 4. The highest BCUT2D eigenvalue weighted by Crippen LogP contribution is 2.27. The van der Waals surface area contributed by atoms with Gasteiger partial charge in [0.1, 0.15) is 0 Å². The molecular formula is C11H15N3O3. The molecule has 1 aromatic rings. The average molecular weight is 237 g/mol. The Kier molecular flexibility index (Phi) is 4.17. The van der Waals surface area contributed by atoms with Crippen molar-refractivity contribution in [2.45, 2.75) is 13.0 Å². The molecule has 0 heterocycles. The normalized spacial score (nSPS) is 12.4. The Labute approximate surface area is 99.2 Å². The number of likely N-dealkylation sites (N-methyl/N-ethyl adjacent to an activating group) is 1. The Balaban J connectivity index is 2.99. The second-order valence-corrected chi connectivity index (χ2v) is 3.87. The van der Waals surface area contributed by atoms with Crippen LogP contribution in [0.15, 0.2) is 24.3 Å². The maximum absolute atomic E-state index is 10.9. The molecule has 0 saturated heterocycles. The van der Waals surface area contributed by atoms with Crippen molar-refractivity contribution in [3.05, 3.63) is 39.9 Å². The van der Waals surface area contributed by atoms with Crippen molar-refractivity contribution >= 4 is 11.6 Å². The third-order valence-electron chi connectivity index (χ3n) is 2.65. The summed E-state index contributed by atoms with van der Waals surface area (Å²) in [7, 11) is 1.70. The molecule has 0 radical (unpaired) electrons. The third kappa shape index (κ3) is 3.25. The molecule has 0 aliphatic rings. The Bertz CT molecular complexity index is 434. The van der Waals surface area contributed by atoms with Crippen molar-refractivity contribution in [1.29, 1.82) is 0 Å². The molecule has 0 bridgehead atoms. The number of rotatable bonds is 5. The molecule has 1 aromatic carbocycles. The van der Waals surface area contributed by atoms with Crippen molar-refractivity contribution in [3.8, 4) is 0 Å². The first kappa shape index (κ1) is 13.1. The number of nitro benzene ring substituents is 1. The monoisotopic (exact) mass is 237 g/mol. The summed E-state index contributed by atoms with van der Waals surface area (Å²) >= 11 is 0. The summed E-state index contributed by atoms with van der Waals surface area (Å²) in [6.45, 7) is 1.86. The summed E-state index contributed by atoms with van der Waals surface area (Å²) in [4.78, 5) is 22.9. The van der Waals surface area contributed by atoms with Gasteiger partial charge in [-0.3, -0.25) is 19.8 Å². The van der Waals surface area contributed by atoms with Crippen LogP contribution in [0.3, 0.4) is 0 Å². The van der Waals surface area contributed by atoms with E-state index in [0.29, 0.717) is 5.56 Å². The Hall–Kier alpha value is -1.95. The second-order valence-electron chi connectivity index (χ2n) is 3.87. The molecule has 6 nitrogen and oxygen atoms in total. The van der Waals surface area contributed by atoms with Crippen LogP contribution in [0, 0.1) is 10.1 Å². The summed E-state index contributed by atoms with van der Waals surface area (Å²) in [5.41, 5.74) is 5.72. The smallest absolute Gasteiger partial charge is 0.274 e. The van der Waals surface area contributed by atoms with E-state index < -0.39 is 10.8 Å². The van der Waals surface area contributed by atoms with Crippen LogP contribution in [0.1, 0.15) is 18.5 Å². The summed E-state index contributed by atoms with van der Waals surface area (Å²) in [6, 6.07) is 6.23. The first-order valence-corrected chi connectivity index (χ1v) is 5.15. The van der Waals surface area contributed by atoms with Crippen LogP contribution in [-0.2, 0) is 4.79 Å². The van der Waals surface area contributed by atoms with Crippen LogP contribution in [0.2, 0.25) is 0 Å². The number of nitrogens with zero attached hydrogens (tertiary/aromatic N) is 2. The van der Waals surface area contributed by atoms with Crippen LogP contribution in [0.25, 0.3) is 0 Å². The lowest BCUT2D eigenvalue weighted by atomic mass is 10.1. The summed E-state index contributed by atoms with van der Waals surface area (Å²) in [5.74, 6) is -0.460. The number of nitro groups is 1. The van der Waals surface area contributed by atoms with Gasteiger partial charge in [-0.1, -0.05) is 18.2 Å². The standard InChI is InChI=1S/C11H15N3O3/c1-8(13(2)7-11(12)15)9-5-3-4-6-10(9)14(16)17/h3-6,8H,7H2,1-2H3,(H2,12,15). The highest BCUT2D eigenvalue weighted by molar-refractivity contribution is 5.76. The maximum atomic E-state index is 10.9. The minimum Gasteiger partial charge on any atom is -0.369 e. The van der Waals surface area contributed by atoms with E-state index in [2.05, 4.69) is 0 Å². The number of nitrogens with two attached hydrogens (primary N) is 1. The van der Waals surface area contributed by atoms with Crippen molar-refractivity contribution in [2.24, 2.45) is 5.73 Å². The first-order chi connectivity index (χ1) is 7.93. The molecule has 0 aliphatic heterocycles. The number of amides is 1. The lowest BCUT2D eigenvalue weighted by Crippen LogP contribution is -2.32. The Morgan fingerprint density at radius 2 is 2.12 bits per heavy atom. The van der Waals surface area contributed by atoms with Crippen LogP contribution in [0.4, 0.5) is 5.69 Å². The summed E-state index contributed by atoms with van der Waals surface area (Å²) in [6.07, 6.45) is 0. The molecule has 1 atom stereocenters. The first-order valence-electron chi connectivity index (χ1n) is 5.15. The number of benzene rings is 1. The highest BCUT2D eigenvalue weighted by Gasteiger charge is 2.21. The topological polar surface area (TPSA) is 89.5 Å². The van der Waals surface area contributed by atoms with Gasteiger partial charge in [-0.25, -0.2) is 0 Å². The van der Waals surface area contributed by atoms with E-state index in [-0.39, 0.29) is 18.3 Å². The summed E-state index contributed by atoms with van der Waals surface area (Å²) < 4.78 is 0. The molecule has 92 valence electrons. The van der Waals surface area contributed by atoms with Gasteiger partial charge < -0.3 is 5.73 Å². The quantitative estimate of drug-likeness (QED) is 0.612.